The number of benzene rings is 1. The van der Waals surface area contributed by atoms with Gasteiger partial charge in [-0.1, -0.05) is 11.3 Å². The largest absolute Gasteiger partial charge is 0.369 e. The fourth-order valence-corrected chi connectivity index (χ4v) is 5.73. The predicted molar refractivity (Wildman–Crippen MR) is 143 cm³/mol. The van der Waals surface area contributed by atoms with E-state index in [-0.39, 0.29) is 16.7 Å². The molecule has 5 rings (SSSR count). The van der Waals surface area contributed by atoms with Crippen molar-refractivity contribution >= 4 is 34.4 Å². The van der Waals surface area contributed by atoms with Gasteiger partial charge in [0, 0.05) is 76.1 Å². The van der Waals surface area contributed by atoms with Crippen LogP contribution in [0.4, 0.5) is 17.3 Å². The first-order valence-corrected chi connectivity index (χ1v) is 13.1. The van der Waals surface area contributed by atoms with Crippen LogP contribution in [0.25, 0.3) is 10.6 Å². The quantitative estimate of drug-likeness (QED) is 0.517. The Morgan fingerprint density at radius 2 is 1.86 bits per heavy atom. The first-order chi connectivity index (χ1) is 17.4. The molecular formula is C25H32N8O2S. The zero-order chi connectivity index (χ0) is 25.2. The van der Waals surface area contributed by atoms with Crippen molar-refractivity contribution in [1.29, 1.82) is 0 Å². The molecule has 2 aromatic heterocycles. The molecule has 0 aliphatic carbocycles. The molecule has 2 aliphatic rings. The van der Waals surface area contributed by atoms with Crippen molar-refractivity contribution in [3.05, 3.63) is 51.9 Å². The van der Waals surface area contributed by atoms with E-state index in [1.54, 1.807) is 24.7 Å². The monoisotopic (exact) mass is 508 g/mol. The number of rotatable bonds is 6. The Kier molecular flexibility index (Phi) is 7.15. The van der Waals surface area contributed by atoms with Gasteiger partial charge in [-0.05, 0) is 44.2 Å². The van der Waals surface area contributed by atoms with Crippen LogP contribution in [0.1, 0.15) is 12.6 Å². The van der Waals surface area contributed by atoms with Gasteiger partial charge < -0.3 is 20.1 Å². The third kappa shape index (κ3) is 5.05. The number of piperazine rings is 2. The van der Waals surface area contributed by atoms with Crippen LogP contribution in [0.15, 0.2) is 41.3 Å². The third-order valence-corrected chi connectivity index (χ3v) is 8.13. The van der Waals surface area contributed by atoms with E-state index >= 15 is 0 Å². The minimum Gasteiger partial charge on any atom is -0.369 e. The zero-order valence-electron chi connectivity index (χ0n) is 20.9. The molecule has 36 heavy (non-hydrogen) atoms. The fraction of sp³-hybridized carbons (Fsp3) is 0.440. The summed E-state index contributed by atoms with van der Waals surface area (Å²) in [6, 6.07) is 10.0. The second kappa shape index (κ2) is 10.5. The topological polar surface area (TPSA) is 98.6 Å². The van der Waals surface area contributed by atoms with Crippen molar-refractivity contribution in [2.45, 2.75) is 19.9 Å². The summed E-state index contributed by atoms with van der Waals surface area (Å²) in [5, 5.41) is 11.2. The maximum Gasteiger partial charge on any atom is 0.307 e. The van der Waals surface area contributed by atoms with Crippen molar-refractivity contribution in [2.75, 3.05) is 56.0 Å². The zero-order valence-corrected chi connectivity index (χ0v) is 21.7. The predicted octanol–water partition coefficient (Wildman–Crippen LogP) is 1.86. The second-order valence-electron chi connectivity index (χ2n) is 9.21. The number of aromatic nitrogens is 3. The Bertz CT molecular complexity index is 1280. The minimum absolute atomic E-state index is 0.00125. The molecule has 0 bridgehead atoms. The fourth-order valence-electron chi connectivity index (χ4n) is 4.78. The molecule has 0 spiro atoms. The van der Waals surface area contributed by atoms with Gasteiger partial charge in [-0.15, -0.1) is 0 Å². The van der Waals surface area contributed by atoms with Crippen molar-refractivity contribution < 1.29 is 4.79 Å². The van der Waals surface area contributed by atoms with Gasteiger partial charge in [0.05, 0.1) is 16.6 Å². The molecular weight excluding hydrogens is 476 g/mol. The van der Waals surface area contributed by atoms with Crippen LogP contribution in [0.2, 0.25) is 0 Å². The lowest BCUT2D eigenvalue weighted by atomic mass is 10.1. The minimum atomic E-state index is -0.0646. The van der Waals surface area contributed by atoms with Crippen LogP contribution in [0.3, 0.4) is 0 Å². The van der Waals surface area contributed by atoms with Crippen LogP contribution < -0.4 is 20.4 Å². The molecule has 0 saturated carbocycles. The summed E-state index contributed by atoms with van der Waals surface area (Å²) in [6.45, 7) is 9.73. The lowest BCUT2D eigenvalue weighted by Crippen LogP contribution is -2.64. The lowest BCUT2D eigenvalue weighted by Gasteiger charge is -2.46. The highest BCUT2D eigenvalue weighted by atomic mass is 32.1. The van der Waals surface area contributed by atoms with Gasteiger partial charge in [-0.3, -0.25) is 9.59 Å². The van der Waals surface area contributed by atoms with Gasteiger partial charge in [0.1, 0.15) is 5.78 Å². The van der Waals surface area contributed by atoms with Crippen molar-refractivity contribution in [1.82, 2.24) is 29.9 Å². The molecule has 1 atom stereocenters. The summed E-state index contributed by atoms with van der Waals surface area (Å²) in [4.78, 5) is 36.3. The Labute approximate surface area is 214 Å². The van der Waals surface area contributed by atoms with Crippen molar-refractivity contribution in [3.8, 4) is 10.6 Å². The van der Waals surface area contributed by atoms with Crippen molar-refractivity contribution in [3.63, 3.8) is 0 Å². The number of hydrazine groups is 1. The Morgan fingerprint density at radius 1 is 1.11 bits per heavy atom. The number of ketones is 1. The molecule has 0 radical (unpaired) electrons. The summed E-state index contributed by atoms with van der Waals surface area (Å²) in [6.07, 6.45) is 1.71. The highest BCUT2D eigenvalue weighted by Crippen LogP contribution is 2.26. The third-order valence-electron chi connectivity index (χ3n) is 6.98. The molecule has 2 aliphatic heterocycles. The number of hydrogen-bond acceptors (Lipinski definition) is 10. The second-order valence-corrected chi connectivity index (χ2v) is 10.2. The number of thiazole rings is 1. The van der Waals surface area contributed by atoms with E-state index in [2.05, 4.69) is 47.7 Å². The molecule has 2 saturated heterocycles. The highest BCUT2D eigenvalue weighted by Gasteiger charge is 2.32. The van der Waals surface area contributed by atoms with E-state index in [4.69, 9.17) is 0 Å². The number of hydrogen-bond donors (Lipinski definition) is 2. The van der Waals surface area contributed by atoms with E-state index in [0.717, 1.165) is 67.8 Å². The van der Waals surface area contributed by atoms with E-state index in [1.807, 2.05) is 25.1 Å². The van der Waals surface area contributed by atoms with E-state index < -0.39 is 0 Å². The van der Waals surface area contributed by atoms with Crippen LogP contribution in [-0.4, -0.2) is 82.2 Å². The summed E-state index contributed by atoms with van der Waals surface area (Å²) in [5.41, 5.74) is 3.70. The van der Waals surface area contributed by atoms with Gasteiger partial charge in [-0.2, -0.15) is 0 Å². The van der Waals surface area contributed by atoms with Crippen LogP contribution >= 0.6 is 11.3 Å². The van der Waals surface area contributed by atoms with Crippen LogP contribution in [0, 0.1) is 6.92 Å². The Balaban J connectivity index is 1.21. The van der Waals surface area contributed by atoms with Gasteiger partial charge in [0.25, 0.3) is 0 Å². The van der Waals surface area contributed by atoms with E-state index in [9.17, 15) is 9.59 Å². The molecule has 4 heterocycles. The number of nitrogens with zero attached hydrogens (tertiary/aromatic N) is 6. The normalized spacial score (nSPS) is 19.4. The molecule has 3 aromatic rings. The number of carbonyl (C=O) groups excluding carboxylic acids is 1. The number of Topliss-reactive ketones (excluding diaryl/α,β-unsaturated/α-hetero) is 1. The van der Waals surface area contributed by atoms with Crippen LogP contribution in [0.5, 0.6) is 0 Å². The standard InChI is InChI=1S/C25H32N8O2S/c1-17-23(36-25(35)30(17)3)21-8-9-27-24(29-21)28-19-4-6-20(7-5-19)31-12-14-32(15-13-31)33-11-10-26-16-22(33)18(2)34/h4-9,22,26H,10-16H2,1-3H3,(H,27,28,29). The number of nitrogens with one attached hydrogen (secondary N) is 2. The van der Waals surface area contributed by atoms with Gasteiger partial charge in [0.15, 0.2) is 0 Å². The summed E-state index contributed by atoms with van der Waals surface area (Å²) < 4.78 is 1.64. The maximum atomic E-state index is 12.1. The molecule has 2 fully saturated rings. The van der Waals surface area contributed by atoms with Gasteiger partial charge in [-0.25, -0.2) is 20.0 Å². The van der Waals surface area contributed by atoms with E-state index in [0.29, 0.717) is 5.95 Å². The summed E-state index contributed by atoms with van der Waals surface area (Å²) in [5.74, 6) is 0.713. The van der Waals surface area contributed by atoms with E-state index in [1.165, 1.54) is 17.0 Å². The number of carbonyl (C=O) groups is 1. The SMILES string of the molecule is CC(=O)C1CNCCN1N1CCN(c2ccc(Nc3nccc(-c4sc(=O)n(C)c4C)n3)cc2)CC1. The van der Waals surface area contributed by atoms with Gasteiger partial charge in [0.2, 0.25) is 5.95 Å². The molecule has 10 nitrogen and oxygen atoms in total. The molecule has 1 aromatic carbocycles. The first kappa shape index (κ1) is 24.6. The number of anilines is 3. The Hall–Kier alpha value is -3.12. The van der Waals surface area contributed by atoms with Crippen LogP contribution in [-0.2, 0) is 11.8 Å². The highest BCUT2D eigenvalue weighted by molar-refractivity contribution is 7.13. The average molecular weight is 509 g/mol. The molecule has 0 amide bonds. The molecule has 190 valence electrons. The molecule has 1 unspecified atom stereocenters. The smallest absolute Gasteiger partial charge is 0.307 e. The Morgan fingerprint density at radius 3 is 2.53 bits per heavy atom. The maximum absolute atomic E-state index is 12.1. The average Bonchev–Trinajstić information content (AvgIpc) is 3.16. The molecule has 11 heteroatoms. The summed E-state index contributed by atoms with van der Waals surface area (Å²) in [7, 11) is 1.77. The lowest BCUT2D eigenvalue weighted by molar-refractivity contribution is -0.135. The first-order valence-electron chi connectivity index (χ1n) is 12.3. The van der Waals surface area contributed by atoms with Gasteiger partial charge >= 0.3 is 4.87 Å². The molecule has 2 N–H and O–H groups in total. The summed E-state index contributed by atoms with van der Waals surface area (Å²) >= 11 is 1.19. The van der Waals surface area contributed by atoms with Crippen molar-refractivity contribution in [2.24, 2.45) is 7.05 Å².